The smallest absolute Gasteiger partial charge is 0.328 e. The molecule has 0 saturated carbocycles. The van der Waals surface area contributed by atoms with Crippen molar-refractivity contribution in [1.29, 1.82) is 0 Å². The van der Waals surface area contributed by atoms with Crippen molar-refractivity contribution < 1.29 is 14.3 Å². The number of aromatic nitrogens is 2. The van der Waals surface area contributed by atoms with Crippen LogP contribution < -0.4 is 10.6 Å². The van der Waals surface area contributed by atoms with E-state index >= 15 is 0 Å². The lowest BCUT2D eigenvalue weighted by Crippen LogP contribution is -2.43. The lowest BCUT2D eigenvalue weighted by Gasteiger charge is -2.17. The fourth-order valence-electron chi connectivity index (χ4n) is 2.34. The van der Waals surface area contributed by atoms with E-state index in [1.54, 1.807) is 0 Å². The number of thioether (sulfide) groups is 1. The van der Waals surface area contributed by atoms with E-state index in [2.05, 4.69) is 20.8 Å². The van der Waals surface area contributed by atoms with Gasteiger partial charge in [-0.25, -0.2) is 4.79 Å². The summed E-state index contributed by atoms with van der Waals surface area (Å²) in [6.45, 7) is 5.99. The zero-order chi connectivity index (χ0) is 19.8. The van der Waals surface area contributed by atoms with Crippen LogP contribution in [0.3, 0.4) is 0 Å². The summed E-state index contributed by atoms with van der Waals surface area (Å²) < 4.78 is 5.44. The van der Waals surface area contributed by atoms with Crippen molar-refractivity contribution in [2.75, 3.05) is 18.2 Å². The number of methoxy groups -OCH3 is 1. The van der Waals surface area contributed by atoms with Crippen molar-refractivity contribution in [2.24, 2.45) is 5.92 Å². The maximum atomic E-state index is 12.2. The zero-order valence-electron chi connectivity index (χ0n) is 15.8. The Bertz CT molecular complexity index is 779. The Balaban J connectivity index is 1.87. The average molecular weight is 409 g/mol. The van der Waals surface area contributed by atoms with Crippen molar-refractivity contribution in [3.8, 4) is 0 Å². The fourth-order valence-corrected chi connectivity index (χ4v) is 3.91. The van der Waals surface area contributed by atoms with Crippen LogP contribution in [-0.2, 0) is 14.3 Å². The van der Waals surface area contributed by atoms with E-state index in [1.807, 2.05) is 45.0 Å². The Morgan fingerprint density at radius 2 is 2.00 bits per heavy atom. The molecule has 2 rings (SSSR count). The lowest BCUT2D eigenvalue weighted by atomic mass is 10.0. The topological polar surface area (TPSA) is 93.2 Å². The first kappa shape index (κ1) is 21.2. The number of aryl methyl sites for hydroxylation is 1. The molecular formula is C18H24N4O3S2. The van der Waals surface area contributed by atoms with Crippen LogP contribution in [0.25, 0.3) is 0 Å². The average Bonchev–Trinajstić information content (AvgIpc) is 3.08. The lowest BCUT2D eigenvalue weighted by molar-refractivity contribution is -0.145. The third-order valence-corrected chi connectivity index (χ3v) is 5.62. The summed E-state index contributed by atoms with van der Waals surface area (Å²) in [7, 11) is 1.32. The highest BCUT2D eigenvalue weighted by Gasteiger charge is 2.22. The second-order valence-electron chi connectivity index (χ2n) is 6.37. The Labute approximate surface area is 167 Å². The molecule has 0 unspecified atom stereocenters. The molecule has 1 heterocycles. The van der Waals surface area contributed by atoms with E-state index in [-0.39, 0.29) is 17.6 Å². The molecule has 1 amide bonds. The molecule has 7 nitrogen and oxygen atoms in total. The summed E-state index contributed by atoms with van der Waals surface area (Å²) in [4.78, 5) is 24.0. The van der Waals surface area contributed by atoms with Gasteiger partial charge in [-0.15, -0.1) is 10.2 Å². The molecule has 146 valence electrons. The Hall–Kier alpha value is -2.13. The molecule has 2 aromatic rings. The number of carbonyl (C=O) groups is 2. The number of para-hydroxylation sites is 1. The quantitative estimate of drug-likeness (QED) is 0.485. The van der Waals surface area contributed by atoms with Crippen molar-refractivity contribution >= 4 is 45.8 Å². The number of benzene rings is 1. The van der Waals surface area contributed by atoms with Crippen LogP contribution in [0.5, 0.6) is 0 Å². The Morgan fingerprint density at radius 3 is 2.67 bits per heavy atom. The third-order valence-electron chi connectivity index (χ3n) is 3.65. The van der Waals surface area contributed by atoms with Gasteiger partial charge in [0.1, 0.15) is 6.04 Å². The molecule has 0 saturated heterocycles. The predicted octanol–water partition coefficient (Wildman–Crippen LogP) is 3.39. The van der Waals surface area contributed by atoms with Crippen LogP contribution in [-0.4, -0.2) is 41.0 Å². The van der Waals surface area contributed by atoms with Gasteiger partial charge in [0.25, 0.3) is 0 Å². The summed E-state index contributed by atoms with van der Waals surface area (Å²) in [6, 6.07) is 7.28. The predicted molar refractivity (Wildman–Crippen MR) is 108 cm³/mol. The summed E-state index contributed by atoms with van der Waals surface area (Å²) >= 11 is 2.66. The maximum Gasteiger partial charge on any atom is 0.328 e. The van der Waals surface area contributed by atoms with Gasteiger partial charge in [-0.05, 0) is 30.9 Å². The van der Waals surface area contributed by atoms with E-state index in [4.69, 9.17) is 4.74 Å². The molecule has 9 heteroatoms. The zero-order valence-corrected chi connectivity index (χ0v) is 17.4. The minimum Gasteiger partial charge on any atom is -0.467 e. The van der Waals surface area contributed by atoms with Crippen LogP contribution in [0.1, 0.15) is 25.8 Å². The molecule has 0 bridgehead atoms. The maximum absolute atomic E-state index is 12.2. The van der Waals surface area contributed by atoms with Gasteiger partial charge >= 0.3 is 5.97 Å². The van der Waals surface area contributed by atoms with Gasteiger partial charge in [0.15, 0.2) is 4.34 Å². The van der Waals surface area contributed by atoms with Gasteiger partial charge in [-0.3, -0.25) is 4.79 Å². The largest absolute Gasteiger partial charge is 0.467 e. The monoisotopic (exact) mass is 408 g/mol. The molecule has 1 aromatic carbocycles. The molecule has 0 aliphatic rings. The van der Waals surface area contributed by atoms with Crippen LogP contribution in [0.2, 0.25) is 0 Å². The molecule has 1 atom stereocenters. The van der Waals surface area contributed by atoms with Gasteiger partial charge in [0.2, 0.25) is 11.0 Å². The molecule has 0 fully saturated rings. The van der Waals surface area contributed by atoms with Crippen molar-refractivity contribution in [2.45, 2.75) is 37.6 Å². The van der Waals surface area contributed by atoms with Crippen LogP contribution in [0.4, 0.5) is 10.8 Å². The number of ether oxygens (including phenoxy) is 1. The standard InChI is InChI=1S/C18H24N4O3S2/c1-11(2)9-14(16(24)25-4)19-15(23)10-26-18-22-21-17(27-18)20-13-8-6-5-7-12(13)3/h5-8,11,14H,9-10H2,1-4H3,(H,19,23)(H,20,21)/t14-/m1/s1. The second kappa shape index (κ2) is 10.3. The van der Waals surface area contributed by atoms with E-state index in [0.29, 0.717) is 15.9 Å². The molecule has 0 aliphatic carbocycles. The van der Waals surface area contributed by atoms with Crippen molar-refractivity contribution in [3.05, 3.63) is 29.8 Å². The van der Waals surface area contributed by atoms with E-state index in [9.17, 15) is 9.59 Å². The number of esters is 1. The molecule has 27 heavy (non-hydrogen) atoms. The summed E-state index contributed by atoms with van der Waals surface area (Å²) in [5, 5.41) is 14.8. The molecule has 2 N–H and O–H groups in total. The number of hydrogen-bond acceptors (Lipinski definition) is 8. The van der Waals surface area contributed by atoms with E-state index < -0.39 is 12.0 Å². The van der Waals surface area contributed by atoms with E-state index in [1.165, 1.54) is 30.2 Å². The number of carbonyl (C=O) groups excluding carboxylic acids is 2. The second-order valence-corrected chi connectivity index (χ2v) is 8.57. The minimum absolute atomic E-state index is 0.157. The first-order chi connectivity index (χ1) is 12.9. The molecular weight excluding hydrogens is 384 g/mol. The highest BCUT2D eigenvalue weighted by atomic mass is 32.2. The minimum atomic E-state index is -0.629. The van der Waals surface area contributed by atoms with Gasteiger partial charge in [0.05, 0.1) is 12.9 Å². The number of hydrogen-bond donors (Lipinski definition) is 2. The van der Waals surface area contributed by atoms with Gasteiger partial charge < -0.3 is 15.4 Å². The summed E-state index contributed by atoms with van der Waals surface area (Å²) in [5.41, 5.74) is 2.08. The molecule has 1 aromatic heterocycles. The summed E-state index contributed by atoms with van der Waals surface area (Å²) in [6.07, 6.45) is 0.534. The van der Waals surface area contributed by atoms with Gasteiger partial charge in [0, 0.05) is 5.69 Å². The van der Waals surface area contributed by atoms with E-state index in [0.717, 1.165) is 11.3 Å². The Kier molecular flexibility index (Phi) is 8.05. The normalized spacial score (nSPS) is 11.9. The van der Waals surface area contributed by atoms with Crippen LogP contribution in [0, 0.1) is 12.8 Å². The summed E-state index contributed by atoms with van der Waals surface area (Å²) in [5.74, 6) is -0.243. The first-order valence-corrected chi connectivity index (χ1v) is 10.4. The number of amides is 1. The van der Waals surface area contributed by atoms with Crippen LogP contribution in [0.15, 0.2) is 28.6 Å². The molecule has 0 aliphatic heterocycles. The first-order valence-electron chi connectivity index (χ1n) is 8.55. The Morgan fingerprint density at radius 1 is 1.26 bits per heavy atom. The highest BCUT2D eigenvalue weighted by Crippen LogP contribution is 2.28. The number of nitrogens with one attached hydrogen (secondary N) is 2. The number of nitrogens with zero attached hydrogens (tertiary/aromatic N) is 2. The van der Waals surface area contributed by atoms with Crippen molar-refractivity contribution in [3.63, 3.8) is 0 Å². The SMILES string of the molecule is COC(=O)[C@@H](CC(C)C)NC(=O)CSc1nnc(Nc2ccccc2C)s1. The highest BCUT2D eigenvalue weighted by molar-refractivity contribution is 8.01. The van der Waals surface area contributed by atoms with Crippen molar-refractivity contribution in [1.82, 2.24) is 15.5 Å². The number of rotatable bonds is 9. The van der Waals surface area contributed by atoms with Gasteiger partial charge in [-0.1, -0.05) is 55.1 Å². The molecule has 0 radical (unpaired) electrons. The third kappa shape index (κ3) is 6.84. The van der Waals surface area contributed by atoms with Gasteiger partial charge in [-0.2, -0.15) is 0 Å². The van der Waals surface area contributed by atoms with Crippen LogP contribution >= 0.6 is 23.1 Å². The number of anilines is 2. The fraction of sp³-hybridized carbons (Fsp3) is 0.444. The molecule has 0 spiro atoms.